The average Bonchev–Trinajstić information content (AvgIpc) is 2.38. The highest BCUT2D eigenvalue weighted by Gasteiger charge is 2.12. The molecule has 1 aromatic rings. The third kappa shape index (κ3) is 3.89. The number of halogens is 2. The Morgan fingerprint density at radius 1 is 1.35 bits per heavy atom. The summed E-state index contributed by atoms with van der Waals surface area (Å²) in [7, 11) is 5.20. The molecule has 0 fully saturated rings. The van der Waals surface area contributed by atoms with Crippen LogP contribution in [0.1, 0.15) is 12.5 Å². The largest absolute Gasteiger partial charge is 0.500 e. The lowest BCUT2D eigenvalue weighted by atomic mass is 10.1. The van der Waals surface area contributed by atoms with Gasteiger partial charge in [0.15, 0.2) is 0 Å². The van der Waals surface area contributed by atoms with E-state index < -0.39 is 0 Å². The van der Waals surface area contributed by atoms with E-state index in [4.69, 9.17) is 27.9 Å². The maximum atomic E-state index is 9.20. The summed E-state index contributed by atoms with van der Waals surface area (Å²) in [6.07, 6.45) is 1.61. The van der Waals surface area contributed by atoms with Crippen LogP contribution in [0.5, 0.6) is 0 Å². The van der Waals surface area contributed by atoms with Gasteiger partial charge in [0.1, 0.15) is 17.5 Å². The predicted octanol–water partition coefficient (Wildman–Crippen LogP) is 4.12. The average molecular weight is 312 g/mol. The van der Waals surface area contributed by atoms with Crippen LogP contribution in [-0.2, 0) is 4.74 Å². The Labute approximate surface area is 128 Å². The van der Waals surface area contributed by atoms with E-state index in [1.54, 1.807) is 30.3 Å². The van der Waals surface area contributed by atoms with Gasteiger partial charge in [-0.25, -0.2) is 4.99 Å². The van der Waals surface area contributed by atoms with Crippen LogP contribution in [0.15, 0.2) is 22.9 Å². The number of hydrogen-bond acceptors (Lipinski definition) is 3. The third-order valence-corrected chi connectivity index (χ3v) is 3.07. The first kappa shape index (κ1) is 16.4. The maximum absolute atomic E-state index is 9.20. The highest BCUT2D eigenvalue weighted by atomic mass is 35.5. The topological polar surface area (TPSA) is 48.6 Å². The fourth-order valence-corrected chi connectivity index (χ4v) is 2.04. The van der Waals surface area contributed by atoms with Crippen LogP contribution < -0.4 is 0 Å². The molecule has 0 amide bonds. The van der Waals surface area contributed by atoms with Crippen molar-refractivity contribution < 1.29 is 4.74 Å². The standard InChI is InChI=1S/C14H15Cl2N3O/c1-9(20-4)11(7-17)10-5-12(15)14(13(16)6-10)18-8-19(2)3/h5-6,8H,1-4H3. The summed E-state index contributed by atoms with van der Waals surface area (Å²) < 4.78 is 5.08. The van der Waals surface area contributed by atoms with Gasteiger partial charge in [0.2, 0.25) is 0 Å². The second-order valence-electron chi connectivity index (χ2n) is 4.24. The maximum Gasteiger partial charge on any atom is 0.111 e. The smallest absolute Gasteiger partial charge is 0.111 e. The first-order valence-electron chi connectivity index (χ1n) is 5.75. The summed E-state index contributed by atoms with van der Waals surface area (Å²) in [4.78, 5) is 5.98. The number of hydrogen-bond donors (Lipinski definition) is 0. The Morgan fingerprint density at radius 2 is 1.90 bits per heavy atom. The molecule has 0 bridgehead atoms. The lowest BCUT2D eigenvalue weighted by molar-refractivity contribution is 0.296. The zero-order chi connectivity index (χ0) is 15.3. The van der Waals surface area contributed by atoms with Crippen LogP contribution in [0.3, 0.4) is 0 Å². The highest BCUT2D eigenvalue weighted by molar-refractivity contribution is 6.39. The summed E-state index contributed by atoms with van der Waals surface area (Å²) in [6.45, 7) is 1.71. The van der Waals surface area contributed by atoms with Crippen molar-refractivity contribution in [2.45, 2.75) is 6.92 Å². The van der Waals surface area contributed by atoms with Crippen molar-refractivity contribution >= 4 is 40.8 Å². The van der Waals surface area contributed by atoms with Crippen molar-refractivity contribution in [2.24, 2.45) is 4.99 Å². The van der Waals surface area contributed by atoms with Crippen LogP contribution in [0.2, 0.25) is 10.0 Å². The number of methoxy groups -OCH3 is 1. The Hall–Kier alpha value is -1.70. The number of ether oxygens (including phenoxy) is 1. The van der Waals surface area contributed by atoms with Gasteiger partial charge in [-0.15, -0.1) is 0 Å². The molecule has 1 aromatic carbocycles. The predicted molar refractivity (Wildman–Crippen MR) is 83.5 cm³/mol. The summed E-state index contributed by atoms with van der Waals surface area (Å²) in [5, 5.41) is 9.95. The summed E-state index contributed by atoms with van der Waals surface area (Å²) in [5.74, 6) is 0.504. The summed E-state index contributed by atoms with van der Waals surface area (Å²) in [5.41, 5.74) is 1.46. The molecule has 1 rings (SSSR count). The SMILES string of the molecule is COC(C)=C(C#N)c1cc(Cl)c(N=CN(C)C)c(Cl)c1. The molecule has 106 valence electrons. The Kier molecular flexibility index (Phi) is 5.87. The van der Waals surface area contributed by atoms with E-state index in [0.29, 0.717) is 32.6 Å². The minimum Gasteiger partial charge on any atom is -0.500 e. The number of benzene rings is 1. The van der Waals surface area contributed by atoms with Crippen LogP contribution in [0.4, 0.5) is 5.69 Å². The molecule has 0 unspecified atom stereocenters. The second-order valence-corrected chi connectivity index (χ2v) is 5.06. The molecule has 20 heavy (non-hydrogen) atoms. The third-order valence-electron chi connectivity index (χ3n) is 2.49. The van der Waals surface area contributed by atoms with E-state index in [9.17, 15) is 5.26 Å². The van der Waals surface area contributed by atoms with Crippen LogP contribution >= 0.6 is 23.2 Å². The van der Waals surface area contributed by atoms with Crippen molar-refractivity contribution in [3.05, 3.63) is 33.5 Å². The molecule has 0 aliphatic carbocycles. The molecule has 0 spiro atoms. The molecule has 0 aliphatic rings. The zero-order valence-electron chi connectivity index (χ0n) is 11.7. The van der Waals surface area contributed by atoms with Gasteiger partial charge in [0.05, 0.1) is 29.1 Å². The molecular weight excluding hydrogens is 297 g/mol. The minimum absolute atomic E-state index is 0.377. The number of allylic oxidation sites excluding steroid dienone is 2. The van der Waals surface area contributed by atoms with E-state index in [-0.39, 0.29) is 0 Å². The zero-order valence-corrected chi connectivity index (χ0v) is 13.2. The van der Waals surface area contributed by atoms with Crippen LogP contribution in [-0.4, -0.2) is 32.4 Å². The first-order chi connectivity index (χ1) is 9.40. The molecule has 0 saturated heterocycles. The molecular formula is C14H15Cl2N3O. The van der Waals surface area contributed by atoms with E-state index in [0.717, 1.165) is 0 Å². The Balaban J connectivity index is 3.35. The molecule has 4 nitrogen and oxygen atoms in total. The fraction of sp³-hybridized carbons (Fsp3) is 0.286. The molecule has 0 N–H and O–H groups in total. The van der Waals surface area contributed by atoms with Gasteiger partial charge in [-0.05, 0) is 24.6 Å². The lowest BCUT2D eigenvalue weighted by Crippen LogP contribution is -2.07. The van der Waals surface area contributed by atoms with Gasteiger partial charge in [-0.1, -0.05) is 23.2 Å². The minimum atomic E-state index is 0.377. The molecule has 0 atom stereocenters. The van der Waals surface area contributed by atoms with Gasteiger partial charge in [0.25, 0.3) is 0 Å². The Bertz CT molecular complexity index is 578. The summed E-state index contributed by atoms with van der Waals surface area (Å²) in [6, 6.07) is 5.38. The Morgan fingerprint density at radius 3 is 2.30 bits per heavy atom. The number of rotatable bonds is 4. The van der Waals surface area contributed by atoms with Crippen molar-refractivity contribution in [1.29, 1.82) is 5.26 Å². The molecule has 0 heterocycles. The molecule has 0 radical (unpaired) electrons. The highest BCUT2D eigenvalue weighted by Crippen LogP contribution is 2.36. The van der Waals surface area contributed by atoms with Gasteiger partial charge < -0.3 is 9.64 Å². The van der Waals surface area contributed by atoms with E-state index in [1.807, 2.05) is 14.1 Å². The van der Waals surface area contributed by atoms with Gasteiger partial charge in [-0.3, -0.25) is 0 Å². The van der Waals surface area contributed by atoms with Crippen molar-refractivity contribution in [1.82, 2.24) is 4.90 Å². The lowest BCUT2D eigenvalue weighted by Gasteiger charge is -2.09. The van der Waals surface area contributed by atoms with Crippen LogP contribution in [0, 0.1) is 11.3 Å². The number of nitriles is 1. The molecule has 0 saturated carbocycles. The second kappa shape index (κ2) is 7.18. The summed E-state index contributed by atoms with van der Waals surface area (Å²) >= 11 is 12.4. The van der Waals surface area contributed by atoms with Crippen molar-refractivity contribution in [2.75, 3.05) is 21.2 Å². The molecule has 0 aliphatic heterocycles. The molecule has 0 aromatic heterocycles. The van der Waals surface area contributed by atoms with Crippen molar-refractivity contribution in [3.63, 3.8) is 0 Å². The number of aliphatic imine (C=N–C) groups is 1. The van der Waals surface area contributed by atoms with Gasteiger partial charge in [-0.2, -0.15) is 5.26 Å². The fourth-order valence-electron chi connectivity index (χ4n) is 1.45. The first-order valence-corrected chi connectivity index (χ1v) is 6.51. The normalized spacial score (nSPS) is 12.1. The number of nitrogens with zero attached hydrogens (tertiary/aromatic N) is 3. The van der Waals surface area contributed by atoms with E-state index >= 15 is 0 Å². The quantitative estimate of drug-likeness (QED) is 0.364. The van der Waals surface area contributed by atoms with Gasteiger partial charge >= 0.3 is 0 Å². The molecule has 6 heteroatoms. The van der Waals surface area contributed by atoms with Crippen molar-refractivity contribution in [3.8, 4) is 6.07 Å². The van der Waals surface area contributed by atoms with E-state index in [2.05, 4.69) is 11.1 Å². The van der Waals surface area contributed by atoms with Gasteiger partial charge in [0, 0.05) is 14.1 Å². The van der Waals surface area contributed by atoms with Crippen LogP contribution in [0.25, 0.3) is 5.57 Å². The van der Waals surface area contributed by atoms with E-state index in [1.165, 1.54) is 7.11 Å². The monoisotopic (exact) mass is 311 g/mol.